The van der Waals surface area contributed by atoms with Crippen molar-refractivity contribution in [3.8, 4) is 11.3 Å². The van der Waals surface area contributed by atoms with Crippen molar-refractivity contribution >= 4 is 21.9 Å². The van der Waals surface area contributed by atoms with Crippen LogP contribution in [0.5, 0.6) is 0 Å². The Labute approximate surface area is 140 Å². The molecule has 2 aromatic carbocycles. The first-order valence-electron chi connectivity index (χ1n) is 7.40. The van der Waals surface area contributed by atoms with Crippen molar-refractivity contribution in [3.63, 3.8) is 0 Å². The summed E-state index contributed by atoms with van der Waals surface area (Å²) >= 11 is 0. The Hall–Kier alpha value is -2.80. The SMILES string of the molecule is C/C=[N+](/c1ccccc1-c1cn[nH]n1)S(=O)(=O)c1ccc(C)cc1. The minimum atomic E-state index is -3.72. The maximum absolute atomic E-state index is 13.0. The van der Waals surface area contributed by atoms with Gasteiger partial charge in [-0.25, -0.2) is 0 Å². The largest absolute Gasteiger partial charge is 0.400 e. The number of aryl methyl sites for hydroxylation is 1. The summed E-state index contributed by atoms with van der Waals surface area (Å²) in [6, 6.07) is 14.0. The van der Waals surface area contributed by atoms with Crippen LogP contribution in [0.1, 0.15) is 12.5 Å². The molecule has 3 aromatic rings. The van der Waals surface area contributed by atoms with Crippen molar-refractivity contribution in [2.75, 3.05) is 0 Å². The normalized spacial score (nSPS) is 12.3. The fourth-order valence-corrected chi connectivity index (χ4v) is 3.85. The molecule has 7 heteroatoms. The molecule has 24 heavy (non-hydrogen) atoms. The Bertz CT molecular complexity index is 976. The van der Waals surface area contributed by atoms with E-state index in [9.17, 15) is 8.42 Å². The van der Waals surface area contributed by atoms with Gasteiger partial charge in [-0.1, -0.05) is 33.8 Å². The Morgan fingerprint density at radius 2 is 1.79 bits per heavy atom. The van der Waals surface area contributed by atoms with Gasteiger partial charge >= 0.3 is 10.0 Å². The molecule has 0 unspecified atom stereocenters. The van der Waals surface area contributed by atoms with Gasteiger partial charge in [0.05, 0.1) is 11.8 Å². The number of aromatic nitrogens is 3. The predicted octanol–water partition coefficient (Wildman–Crippen LogP) is 2.90. The van der Waals surface area contributed by atoms with E-state index in [1.54, 1.807) is 49.5 Å². The van der Waals surface area contributed by atoms with E-state index in [0.717, 1.165) is 5.56 Å². The van der Waals surface area contributed by atoms with Crippen LogP contribution in [-0.2, 0) is 10.0 Å². The molecule has 0 aliphatic heterocycles. The quantitative estimate of drug-likeness (QED) is 0.584. The van der Waals surface area contributed by atoms with Crippen LogP contribution < -0.4 is 0 Å². The number of para-hydroxylation sites is 1. The van der Waals surface area contributed by atoms with Crippen LogP contribution in [0.2, 0.25) is 0 Å². The van der Waals surface area contributed by atoms with E-state index in [-0.39, 0.29) is 4.90 Å². The number of nitrogens with zero attached hydrogens (tertiary/aromatic N) is 3. The Kier molecular flexibility index (Phi) is 4.26. The number of hydrogen-bond acceptors (Lipinski definition) is 4. The third-order valence-corrected chi connectivity index (χ3v) is 5.44. The molecule has 3 rings (SSSR count). The molecule has 0 fully saturated rings. The van der Waals surface area contributed by atoms with Crippen molar-refractivity contribution in [1.29, 1.82) is 0 Å². The standard InChI is InChI=1S/C17H17N4O2S/c1-3-21(24(22,23)14-10-8-13(2)9-11-14)17-7-5-4-6-15(17)16-12-18-20-19-16/h3-12H,1-2H3,(H,18,19,20)/q+1/b21-3-. The Morgan fingerprint density at radius 1 is 1.08 bits per heavy atom. The summed E-state index contributed by atoms with van der Waals surface area (Å²) in [4.78, 5) is 0.237. The molecule has 0 saturated carbocycles. The van der Waals surface area contributed by atoms with E-state index < -0.39 is 10.0 Å². The summed E-state index contributed by atoms with van der Waals surface area (Å²) in [7, 11) is -3.72. The number of nitrogens with one attached hydrogen (secondary N) is 1. The van der Waals surface area contributed by atoms with E-state index in [2.05, 4.69) is 15.4 Å². The van der Waals surface area contributed by atoms with E-state index in [4.69, 9.17) is 0 Å². The highest BCUT2D eigenvalue weighted by Gasteiger charge is 2.31. The minimum Gasteiger partial charge on any atom is -0.197 e. The summed E-state index contributed by atoms with van der Waals surface area (Å²) in [5.41, 5.74) is 2.79. The highest BCUT2D eigenvalue weighted by molar-refractivity contribution is 7.85. The molecule has 0 aliphatic rings. The average Bonchev–Trinajstić information content (AvgIpc) is 3.10. The second-order valence-corrected chi connectivity index (χ2v) is 7.06. The highest BCUT2D eigenvalue weighted by atomic mass is 32.2. The van der Waals surface area contributed by atoms with E-state index in [0.29, 0.717) is 16.9 Å². The van der Waals surface area contributed by atoms with Crippen LogP contribution in [0.25, 0.3) is 11.3 Å². The lowest BCUT2D eigenvalue weighted by atomic mass is 10.1. The van der Waals surface area contributed by atoms with Gasteiger partial charge in [0, 0.05) is 13.0 Å². The van der Waals surface area contributed by atoms with Gasteiger partial charge in [0.1, 0.15) is 10.6 Å². The second-order valence-electron chi connectivity index (χ2n) is 5.24. The number of rotatable bonds is 4. The smallest absolute Gasteiger partial charge is 0.197 e. The molecule has 0 aliphatic carbocycles. The van der Waals surface area contributed by atoms with Gasteiger partial charge in [0.25, 0.3) is 0 Å². The molecular formula is C17H17N4O2S+. The second kappa shape index (κ2) is 6.37. The van der Waals surface area contributed by atoms with Crippen molar-refractivity contribution in [2.24, 2.45) is 0 Å². The molecule has 0 spiro atoms. The van der Waals surface area contributed by atoms with Gasteiger partial charge in [0.2, 0.25) is 5.69 Å². The predicted molar refractivity (Wildman–Crippen MR) is 91.8 cm³/mol. The highest BCUT2D eigenvalue weighted by Crippen LogP contribution is 2.31. The maximum Gasteiger partial charge on any atom is 0.400 e. The van der Waals surface area contributed by atoms with Gasteiger partial charge in [0.15, 0.2) is 6.21 Å². The van der Waals surface area contributed by atoms with E-state index in [1.807, 2.05) is 19.1 Å². The fraction of sp³-hybridized carbons (Fsp3) is 0.118. The van der Waals surface area contributed by atoms with Gasteiger partial charge in [-0.2, -0.15) is 23.8 Å². The van der Waals surface area contributed by atoms with Crippen molar-refractivity contribution in [1.82, 2.24) is 15.4 Å². The average molecular weight is 341 g/mol. The molecule has 1 heterocycles. The Balaban J connectivity index is 2.16. The van der Waals surface area contributed by atoms with Crippen LogP contribution in [0.3, 0.4) is 0 Å². The summed E-state index contributed by atoms with van der Waals surface area (Å²) in [5.74, 6) is 0. The molecule has 122 valence electrons. The van der Waals surface area contributed by atoms with E-state index >= 15 is 0 Å². The number of benzene rings is 2. The zero-order chi connectivity index (χ0) is 17.2. The summed E-state index contributed by atoms with van der Waals surface area (Å²) in [6.07, 6.45) is 3.10. The third kappa shape index (κ3) is 2.85. The summed E-state index contributed by atoms with van der Waals surface area (Å²) < 4.78 is 27.4. The zero-order valence-corrected chi connectivity index (χ0v) is 14.2. The molecule has 1 aromatic heterocycles. The van der Waals surface area contributed by atoms with E-state index in [1.165, 1.54) is 10.2 Å². The number of H-pyrrole nitrogens is 1. The van der Waals surface area contributed by atoms with Crippen molar-refractivity contribution in [2.45, 2.75) is 18.7 Å². The van der Waals surface area contributed by atoms with Crippen LogP contribution in [0.15, 0.2) is 59.6 Å². The molecular weight excluding hydrogens is 324 g/mol. The molecule has 0 bridgehead atoms. The van der Waals surface area contributed by atoms with Crippen LogP contribution in [0, 0.1) is 6.92 Å². The molecule has 0 amide bonds. The fourth-order valence-electron chi connectivity index (χ4n) is 2.44. The lowest BCUT2D eigenvalue weighted by Crippen LogP contribution is -2.18. The topological polar surface area (TPSA) is 78.7 Å². The number of sulfonamides is 1. The van der Waals surface area contributed by atoms with Gasteiger partial charge in [-0.05, 0) is 25.1 Å². The van der Waals surface area contributed by atoms with Crippen LogP contribution in [0.4, 0.5) is 5.69 Å². The number of hydrogen-bond donors (Lipinski definition) is 1. The molecule has 0 radical (unpaired) electrons. The van der Waals surface area contributed by atoms with Crippen molar-refractivity contribution < 1.29 is 12.4 Å². The first-order valence-corrected chi connectivity index (χ1v) is 8.84. The molecule has 1 N–H and O–H groups in total. The first kappa shape index (κ1) is 16.1. The van der Waals surface area contributed by atoms with Crippen molar-refractivity contribution in [3.05, 3.63) is 60.3 Å². The monoisotopic (exact) mass is 341 g/mol. The molecule has 0 saturated heterocycles. The lowest BCUT2D eigenvalue weighted by molar-refractivity contribution is -0.254. The minimum absolute atomic E-state index is 0.237. The third-order valence-electron chi connectivity index (χ3n) is 3.64. The first-order chi connectivity index (χ1) is 11.5. The zero-order valence-electron chi connectivity index (χ0n) is 13.3. The van der Waals surface area contributed by atoms with Crippen LogP contribution in [-0.4, -0.2) is 34.0 Å². The molecule has 0 atom stereocenters. The van der Waals surface area contributed by atoms with Gasteiger partial charge in [-0.3, -0.25) is 0 Å². The Morgan fingerprint density at radius 3 is 2.42 bits per heavy atom. The number of aromatic amines is 1. The van der Waals surface area contributed by atoms with Gasteiger partial charge in [-0.15, -0.1) is 0 Å². The summed E-state index contributed by atoms with van der Waals surface area (Å²) in [6.45, 7) is 3.60. The van der Waals surface area contributed by atoms with Gasteiger partial charge < -0.3 is 0 Å². The summed E-state index contributed by atoms with van der Waals surface area (Å²) in [5, 5.41) is 10.4. The molecule has 6 nitrogen and oxygen atoms in total. The maximum atomic E-state index is 13.0. The van der Waals surface area contributed by atoms with Crippen LogP contribution >= 0.6 is 0 Å². The lowest BCUT2D eigenvalue weighted by Gasteiger charge is -2.07.